The van der Waals surface area contributed by atoms with E-state index >= 15 is 0 Å². The zero-order valence-corrected chi connectivity index (χ0v) is 13.0. The minimum atomic E-state index is -0.965. The first-order valence-corrected chi connectivity index (χ1v) is 6.93. The fraction of sp³-hybridized carbons (Fsp3) is 0.250. The molecule has 2 aromatic rings. The van der Waals surface area contributed by atoms with Crippen LogP contribution in [0.15, 0.2) is 30.3 Å². The van der Waals surface area contributed by atoms with E-state index in [0.717, 1.165) is 11.3 Å². The summed E-state index contributed by atoms with van der Waals surface area (Å²) < 4.78 is 0. The van der Waals surface area contributed by atoms with Crippen molar-refractivity contribution in [2.75, 3.05) is 11.9 Å². The van der Waals surface area contributed by atoms with Crippen molar-refractivity contribution in [3.63, 3.8) is 0 Å². The summed E-state index contributed by atoms with van der Waals surface area (Å²) in [5, 5.41) is 10.1. The number of carboxylic acids is 1. The summed E-state index contributed by atoms with van der Waals surface area (Å²) in [7, 11) is 1.83. The highest BCUT2D eigenvalue weighted by molar-refractivity contribution is 6.30. The molecule has 1 aromatic carbocycles. The molecule has 1 aromatic heterocycles. The van der Waals surface area contributed by atoms with Gasteiger partial charge in [0.2, 0.25) is 0 Å². The number of hydrogen-bond acceptors (Lipinski definition) is 3. The van der Waals surface area contributed by atoms with Crippen LogP contribution >= 0.6 is 11.6 Å². The number of aromatic carboxylic acids is 1. The summed E-state index contributed by atoms with van der Waals surface area (Å²) in [6.45, 7) is 4.18. The Hall–Kier alpha value is -2.07. The number of carboxylic acid groups (broad SMARTS) is 1. The van der Waals surface area contributed by atoms with Crippen LogP contribution in [-0.2, 0) is 6.54 Å². The van der Waals surface area contributed by atoms with Gasteiger partial charge in [0.15, 0.2) is 0 Å². The second kappa shape index (κ2) is 6.14. The number of aromatic nitrogens is 1. The molecule has 4 nitrogen and oxygen atoms in total. The molecule has 2 rings (SSSR count). The zero-order valence-electron chi connectivity index (χ0n) is 12.2. The van der Waals surface area contributed by atoms with Gasteiger partial charge in [-0.05, 0) is 43.2 Å². The van der Waals surface area contributed by atoms with Crippen molar-refractivity contribution in [1.82, 2.24) is 4.98 Å². The van der Waals surface area contributed by atoms with E-state index in [-0.39, 0.29) is 5.56 Å². The number of pyridine rings is 1. The van der Waals surface area contributed by atoms with Gasteiger partial charge in [0.05, 0.1) is 0 Å². The number of anilines is 1. The Morgan fingerprint density at radius 1 is 1.33 bits per heavy atom. The van der Waals surface area contributed by atoms with Crippen LogP contribution in [0.3, 0.4) is 0 Å². The lowest BCUT2D eigenvalue weighted by Crippen LogP contribution is -2.22. The van der Waals surface area contributed by atoms with E-state index in [1.54, 1.807) is 13.0 Å². The van der Waals surface area contributed by atoms with E-state index in [1.807, 2.05) is 43.1 Å². The Kier molecular flexibility index (Phi) is 4.48. The second-order valence-corrected chi connectivity index (χ2v) is 5.51. The number of halogens is 1. The van der Waals surface area contributed by atoms with E-state index in [9.17, 15) is 9.90 Å². The molecular weight excluding hydrogens is 288 g/mol. The molecule has 0 unspecified atom stereocenters. The largest absolute Gasteiger partial charge is 0.478 e. The van der Waals surface area contributed by atoms with Crippen molar-refractivity contribution in [3.05, 3.63) is 57.7 Å². The molecule has 0 aliphatic heterocycles. The molecule has 110 valence electrons. The molecule has 1 N–H and O–H groups in total. The normalized spacial score (nSPS) is 10.5. The molecule has 0 atom stereocenters. The molecule has 5 heteroatoms. The highest BCUT2D eigenvalue weighted by atomic mass is 35.5. The molecule has 1 heterocycles. The van der Waals surface area contributed by atoms with Crippen LogP contribution in [-0.4, -0.2) is 23.1 Å². The Labute approximate surface area is 129 Å². The van der Waals surface area contributed by atoms with Crippen molar-refractivity contribution in [3.8, 4) is 0 Å². The third-order valence-corrected chi connectivity index (χ3v) is 3.44. The monoisotopic (exact) mass is 304 g/mol. The van der Waals surface area contributed by atoms with Crippen LogP contribution in [0.25, 0.3) is 0 Å². The lowest BCUT2D eigenvalue weighted by Gasteiger charge is -2.21. The van der Waals surface area contributed by atoms with E-state index < -0.39 is 5.97 Å². The average Bonchev–Trinajstić information content (AvgIpc) is 2.37. The first kappa shape index (κ1) is 15.3. The fourth-order valence-corrected chi connectivity index (χ4v) is 2.55. The van der Waals surface area contributed by atoms with E-state index in [0.29, 0.717) is 22.9 Å². The maximum Gasteiger partial charge on any atom is 0.339 e. The van der Waals surface area contributed by atoms with Gasteiger partial charge in [-0.15, -0.1) is 0 Å². The maximum absolute atomic E-state index is 11.5. The smallest absolute Gasteiger partial charge is 0.339 e. The van der Waals surface area contributed by atoms with Crippen LogP contribution in [0, 0.1) is 13.8 Å². The summed E-state index contributed by atoms with van der Waals surface area (Å²) in [6, 6.07) is 9.27. The molecule has 0 spiro atoms. The minimum Gasteiger partial charge on any atom is -0.478 e. The van der Waals surface area contributed by atoms with Crippen LogP contribution in [0.5, 0.6) is 0 Å². The van der Waals surface area contributed by atoms with E-state index in [1.165, 1.54) is 0 Å². The van der Waals surface area contributed by atoms with Gasteiger partial charge >= 0.3 is 5.97 Å². The van der Waals surface area contributed by atoms with Gasteiger partial charge in [0.1, 0.15) is 11.4 Å². The van der Waals surface area contributed by atoms with Crippen LogP contribution in [0.1, 0.15) is 27.2 Å². The Morgan fingerprint density at radius 2 is 2.05 bits per heavy atom. The summed E-state index contributed by atoms with van der Waals surface area (Å²) >= 11 is 5.98. The first-order chi connectivity index (χ1) is 9.88. The topological polar surface area (TPSA) is 53.4 Å². The van der Waals surface area contributed by atoms with Crippen molar-refractivity contribution in [1.29, 1.82) is 0 Å². The summed E-state index contributed by atoms with van der Waals surface area (Å²) in [5.74, 6) is -0.493. The van der Waals surface area contributed by atoms with Gasteiger partial charge in [-0.3, -0.25) is 0 Å². The van der Waals surface area contributed by atoms with Gasteiger partial charge < -0.3 is 10.0 Å². The molecule has 0 radical (unpaired) electrons. The zero-order chi connectivity index (χ0) is 15.6. The van der Waals surface area contributed by atoms with Crippen molar-refractivity contribution in [2.45, 2.75) is 20.4 Å². The third kappa shape index (κ3) is 3.52. The Bertz CT molecular complexity index is 686. The van der Waals surface area contributed by atoms with Gasteiger partial charge in [0.25, 0.3) is 0 Å². The van der Waals surface area contributed by atoms with Crippen LogP contribution in [0.2, 0.25) is 5.02 Å². The van der Waals surface area contributed by atoms with Crippen molar-refractivity contribution in [2.24, 2.45) is 0 Å². The lowest BCUT2D eigenvalue weighted by molar-refractivity contribution is 0.0696. The predicted octanol–water partition coefficient (Wildman–Crippen LogP) is 3.69. The summed E-state index contributed by atoms with van der Waals surface area (Å²) in [4.78, 5) is 17.7. The Morgan fingerprint density at radius 3 is 2.67 bits per heavy atom. The highest BCUT2D eigenvalue weighted by Crippen LogP contribution is 2.23. The summed E-state index contributed by atoms with van der Waals surface area (Å²) in [5.41, 5.74) is 2.75. The van der Waals surface area contributed by atoms with Gasteiger partial charge in [-0.2, -0.15) is 0 Å². The van der Waals surface area contributed by atoms with Gasteiger partial charge in [-0.25, -0.2) is 9.78 Å². The standard InChI is InChI=1S/C16H17ClN2O2/c1-10-7-11(2)18-15(14(10)16(20)21)19(3)9-12-5-4-6-13(17)8-12/h4-8H,9H2,1-3H3,(H,20,21). The molecule has 0 saturated heterocycles. The number of carbonyl (C=O) groups is 1. The molecular formula is C16H17ClN2O2. The Balaban J connectivity index is 2.39. The average molecular weight is 305 g/mol. The first-order valence-electron chi connectivity index (χ1n) is 6.55. The molecule has 21 heavy (non-hydrogen) atoms. The summed E-state index contributed by atoms with van der Waals surface area (Å²) in [6.07, 6.45) is 0. The molecule has 0 amide bonds. The van der Waals surface area contributed by atoms with E-state index in [4.69, 9.17) is 11.6 Å². The predicted molar refractivity (Wildman–Crippen MR) is 84.2 cm³/mol. The molecule has 0 aliphatic carbocycles. The fourth-order valence-electron chi connectivity index (χ4n) is 2.34. The number of benzene rings is 1. The number of hydrogen-bond donors (Lipinski definition) is 1. The number of rotatable bonds is 4. The quantitative estimate of drug-likeness (QED) is 0.936. The molecule has 0 bridgehead atoms. The molecule has 0 fully saturated rings. The van der Waals surface area contributed by atoms with Gasteiger partial charge in [-0.1, -0.05) is 23.7 Å². The molecule has 0 saturated carbocycles. The third-order valence-electron chi connectivity index (χ3n) is 3.21. The second-order valence-electron chi connectivity index (χ2n) is 5.07. The number of aryl methyl sites for hydroxylation is 2. The SMILES string of the molecule is Cc1cc(C)c(C(=O)O)c(N(C)Cc2cccc(Cl)c2)n1. The highest BCUT2D eigenvalue weighted by Gasteiger charge is 2.18. The van der Waals surface area contributed by atoms with Crippen LogP contribution in [0.4, 0.5) is 5.82 Å². The number of nitrogens with zero attached hydrogens (tertiary/aromatic N) is 2. The maximum atomic E-state index is 11.5. The minimum absolute atomic E-state index is 0.241. The molecule has 0 aliphatic rings. The van der Waals surface area contributed by atoms with Gasteiger partial charge in [0, 0.05) is 24.3 Å². The van der Waals surface area contributed by atoms with Crippen LogP contribution < -0.4 is 4.90 Å². The van der Waals surface area contributed by atoms with Crippen molar-refractivity contribution >= 4 is 23.4 Å². The van der Waals surface area contributed by atoms with Crippen molar-refractivity contribution < 1.29 is 9.90 Å². The lowest BCUT2D eigenvalue weighted by atomic mass is 10.1. The van der Waals surface area contributed by atoms with E-state index in [2.05, 4.69) is 4.98 Å².